The molecular formula is C20H25N3O3. The topological polar surface area (TPSA) is 70.7 Å². The van der Waals surface area contributed by atoms with Crippen LogP contribution in [0.15, 0.2) is 48.5 Å². The fourth-order valence-corrected chi connectivity index (χ4v) is 2.35. The summed E-state index contributed by atoms with van der Waals surface area (Å²) in [5.74, 6) is -0.179. The van der Waals surface area contributed by atoms with Crippen molar-refractivity contribution in [1.29, 1.82) is 0 Å². The van der Waals surface area contributed by atoms with Crippen molar-refractivity contribution in [2.45, 2.75) is 26.4 Å². The molecule has 0 atom stereocenters. The minimum atomic E-state index is -0.553. The number of hydrogen-bond donors (Lipinski definition) is 2. The Morgan fingerprint density at radius 1 is 0.962 bits per heavy atom. The molecule has 2 rings (SSSR count). The molecule has 0 spiro atoms. The second-order valence-corrected chi connectivity index (χ2v) is 7.09. The van der Waals surface area contributed by atoms with E-state index >= 15 is 0 Å². The standard InChI is InChI=1S/C20H25N3O3/c1-20(2,3)26-19(25)21-15-12-10-14(11-13-15)16-8-6-7-9-17(16)18(24)22-23(4)5/h6-13H,1-5H3,(H,21,25)(H,22,24). The molecule has 2 N–H and O–H groups in total. The first kappa shape index (κ1) is 19.5. The molecule has 2 amide bonds. The first-order chi connectivity index (χ1) is 12.2. The fourth-order valence-electron chi connectivity index (χ4n) is 2.35. The molecule has 138 valence electrons. The second kappa shape index (κ2) is 8.01. The van der Waals surface area contributed by atoms with E-state index in [0.717, 1.165) is 11.1 Å². The van der Waals surface area contributed by atoms with E-state index in [1.807, 2.05) is 51.1 Å². The summed E-state index contributed by atoms with van der Waals surface area (Å²) in [6.45, 7) is 5.43. The molecule has 0 fully saturated rings. The van der Waals surface area contributed by atoms with E-state index in [9.17, 15) is 9.59 Å². The van der Waals surface area contributed by atoms with Gasteiger partial charge in [-0.15, -0.1) is 0 Å². The highest BCUT2D eigenvalue weighted by molar-refractivity contribution is 6.00. The average Bonchev–Trinajstić information content (AvgIpc) is 2.53. The highest BCUT2D eigenvalue weighted by atomic mass is 16.6. The predicted molar refractivity (Wildman–Crippen MR) is 103 cm³/mol. The second-order valence-electron chi connectivity index (χ2n) is 7.09. The zero-order valence-corrected chi connectivity index (χ0v) is 15.8. The van der Waals surface area contributed by atoms with Crippen molar-refractivity contribution in [2.75, 3.05) is 19.4 Å². The van der Waals surface area contributed by atoms with Crippen LogP contribution in [0, 0.1) is 0 Å². The van der Waals surface area contributed by atoms with E-state index < -0.39 is 11.7 Å². The smallest absolute Gasteiger partial charge is 0.412 e. The van der Waals surface area contributed by atoms with Gasteiger partial charge in [-0.05, 0) is 50.1 Å². The van der Waals surface area contributed by atoms with Crippen molar-refractivity contribution >= 4 is 17.7 Å². The predicted octanol–water partition coefficient (Wildman–Crippen LogP) is 3.91. The van der Waals surface area contributed by atoms with Crippen LogP contribution in [0.1, 0.15) is 31.1 Å². The molecule has 26 heavy (non-hydrogen) atoms. The summed E-state index contributed by atoms with van der Waals surface area (Å²) in [4.78, 5) is 24.2. The van der Waals surface area contributed by atoms with Gasteiger partial charge >= 0.3 is 6.09 Å². The molecule has 0 saturated carbocycles. The van der Waals surface area contributed by atoms with Gasteiger partial charge in [0, 0.05) is 25.3 Å². The Bertz CT molecular complexity index is 778. The van der Waals surface area contributed by atoms with E-state index in [-0.39, 0.29) is 5.91 Å². The summed E-state index contributed by atoms with van der Waals surface area (Å²) in [5.41, 5.74) is 5.09. The van der Waals surface area contributed by atoms with E-state index in [1.165, 1.54) is 0 Å². The lowest BCUT2D eigenvalue weighted by atomic mass is 9.99. The number of benzene rings is 2. The Morgan fingerprint density at radius 3 is 2.15 bits per heavy atom. The van der Waals surface area contributed by atoms with Crippen LogP contribution >= 0.6 is 0 Å². The minimum absolute atomic E-state index is 0.179. The van der Waals surface area contributed by atoms with Crippen molar-refractivity contribution in [3.05, 3.63) is 54.1 Å². The van der Waals surface area contributed by atoms with Gasteiger partial charge in [0.2, 0.25) is 0 Å². The number of nitrogens with zero attached hydrogens (tertiary/aromatic N) is 1. The summed E-state index contributed by atoms with van der Waals surface area (Å²) in [5, 5.41) is 4.30. The van der Waals surface area contributed by atoms with Gasteiger partial charge in [0.1, 0.15) is 5.60 Å². The number of carbonyl (C=O) groups is 2. The zero-order chi connectivity index (χ0) is 19.3. The first-order valence-corrected chi connectivity index (χ1v) is 8.33. The number of ether oxygens (including phenoxy) is 1. The van der Waals surface area contributed by atoms with Crippen LogP contribution in [-0.2, 0) is 4.74 Å². The van der Waals surface area contributed by atoms with Gasteiger partial charge in [0.25, 0.3) is 5.91 Å². The molecular weight excluding hydrogens is 330 g/mol. The maximum Gasteiger partial charge on any atom is 0.412 e. The quantitative estimate of drug-likeness (QED) is 0.816. The largest absolute Gasteiger partial charge is 0.444 e. The average molecular weight is 355 g/mol. The summed E-state index contributed by atoms with van der Waals surface area (Å²) < 4.78 is 5.24. The van der Waals surface area contributed by atoms with E-state index in [4.69, 9.17) is 4.74 Å². The van der Waals surface area contributed by atoms with Crippen LogP contribution in [0.4, 0.5) is 10.5 Å². The molecule has 0 aliphatic heterocycles. The van der Waals surface area contributed by atoms with Crippen LogP contribution in [0.5, 0.6) is 0 Å². The fraction of sp³-hybridized carbons (Fsp3) is 0.300. The van der Waals surface area contributed by atoms with Gasteiger partial charge in [0.05, 0.1) is 0 Å². The Morgan fingerprint density at radius 2 is 1.58 bits per heavy atom. The van der Waals surface area contributed by atoms with Gasteiger partial charge in [0.15, 0.2) is 0 Å². The molecule has 0 radical (unpaired) electrons. The molecule has 2 aromatic rings. The van der Waals surface area contributed by atoms with Crippen molar-refractivity contribution in [2.24, 2.45) is 0 Å². The van der Waals surface area contributed by atoms with Crippen molar-refractivity contribution in [1.82, 2.24) is 10.4 Å². The Hall–Kier alpha value is -2.86. The Kier molecular flexibility index (Phi) is 6.00. The number of hydrogen-bond acceptors (Lipinski definition) is 4. The number of rotatable bonds is 4. The van der Waals surface area contributed by atoms with Crippen molar-refractivity contribution in [3.8, 4) is 11.1 Å². The number of nitrogens with one attached hydrogen (secondary N) is 2. The third-order valence-electron chi connectivity index (χ3n) is 3.34. The van der Waals surface area contributed by atoms with Crippen LogP contribution in [0.2, 0.25) is 0 Å². The van der Waals surface area contributed by atoms with Crippen LogP contribution in [-0.4, -0.2) is 36.7 Å². The summed E-state index contributed by atoms with van der Waals surface area (Å²) in [6.07, 6.45) is -0.504. The number of anilines is 1. The monoisotopic (exact) mass is 355 g/mol. The molecule has 0 aliphatic rings. The highest BCUT2D eigenvalue weighted by Crippen LogP contribution is 2.25. The lowest BCUT2D eigenvalue weighted by molar-refractivity contribution is 0.0635. The Balaban J connectivity index is 2.19. The van der Waals surface area contributed by atoms with Gasteiger partial charge in [-0.25, -0.2) is 9.80 Å². The summed E-state index contributed by atoms with van der Waals surface area (Å²) in [6, 6.07) is 14.6. The minimum Gasteiger partial charge on any atom is -0.444 e. The molecule has 0 bridgehead atoms. The molecule has 6 heteroatoms. The van der Waals surface area contributed by atoms with Gasteiger partial charge in [-0.3, -0.25) is 15.5 Å². The molecule has 0 unspecified atom stereocenters. The normalized spacial score (nSPS) is 11.2. The molecule has 0 saturated heterocycles. The van der Waals surface area contributed by atoms with Gasteiger partial charge in [-0.2, -0.15) is 0 Å². The number of carbonyl (C=O) groups excluding carboxylic acids is 2. The van der Waals surface area contributed by atoms with E-state index in [1.54, 1.807) is 37.3 Å². The molecule has 0 aromatic heterocycles. The van der Waals surface area contributed by atoms with E-state index in [2.05, 4.69) is 10.7 Å². The van der Waals surface area contributed by atoms with Gasteiger partial charge in [-0.1, -0.05) is 30.3 Å². The molecule has 6 nitrogen and oxygen atoms in total. The van der Waals surface area contributed by atoms with Crippen molar-refractivity contribution < 1.29 is 14.3 Å². The lowest BCUT2D eigenvalue weighted by Gasteiger charge is -2.19. The third kappa shape index (κ3) is 5.60. The summed E-state index contributed by atoms with van der Waals surface area (Å²) in [7, 11) is 3.52. The van der Waals surface area contributed by atoms with Gasteiger partial charge < -0.3 is 4.74 Å². The number of hydrazine groups is 1. The van der Waals surface area contributed by atoms with Crippen LogP contribution in [0.3, 0.4) is 0 Å². The highest BCUT2D eigenvalue weighted by Gasteiger charge is 2.16. The maximum atomic E-state index is 12.4. The SMILES string of the molecule is CN(C)NC(=O)c1ccccc1-c1ccc(NC(=O)OC(C)(C)C)cc1. The zero-order valence-electron chi connectivity index (χ0n) is 15.8. The number of amides is 2. The van der Waals surface area contributed by atoms with Crippen LogP contribution < -0.4 is 10.7 Å². The van der Waals surface area contributed by atoms with E-state index in [0.29, 0.717) is 11.3 Å². The van der Waals surface area contributed by atoms with Crippen LogP contribution in [0.25, 0.3) is 11.1 Å². The molecule has 2 aromatic carbocycles. The molecule has 0 aliphatic carbocycles. The summed E-state index contributed by atoms with van der Waals surface area (Å²) >= 11 is 0. The third-order valence-corrected chi connectivity index (χ3v) is 3.34. The molecule has 0 heterocycles. The lowest BCUT2D eigenvalue weighted by Crippen LogP contribution is -2.36. The Labute approximate surface area is 154 Å². The van der Waals surface area contributed by atoms with Crippen molar-refractivity contribution in [3.63, 3.8) is 0 Å². The maximum absolute atomic E-state index is 12.4. The first-order valence-electron chi connectivity index (χ1n) is 8.33.